The molecule has 2 aromatic rings. The van der Waals surface area contributed by atoms with E-state index in [9.17, 15) is 4.79 Å². The van der Waals surface area contributed by atoms with Gasteiger partial charge in [0.15, 0.2) is 11.5 Å². The lowest BCUT2D eigenvalue weighted by Crippen LogP contribution is -2.25. The van der Waals surface area contributed by atoms with Crippen molar-refractivity contribution in [2.75, 3.05) is 20.8 Å². The van der Waals surface area contributed by atoms with Crippen LogP contribution in [0.25, 0.3) is 0 Å². The molecule has 1 N–H and O–H groups in total. The van der Waals surface area contributed by atoms with Crippen LogP contribution in [-0.4, -0.2) is 26.7 Å². The van der Waals surface area contributed by atoms with Crippen LogP contribution in [0.2, 0.25) is 5.02 Å². The number of aryl methyl sites for hydroxylation is 1. The van der Waals surface area contributed by atoms with Gasteiger partial charge in [-0.25, -0.2) is 0 Å². The number of halogens is 1. The van der Waals surface area contributed by atoms with Crippen LogP contribution in [0.1, 0.15) is 21.5 Å². The first kappa shape index (κ1) is 17.2. The summed E-state index contributed by atoms with van der Waals surface area (Å²) >= 11 is 5.90. The third kappa shape index (κ3) is 4.39. The quantitative estimate of drug-likeness (QED) is 0.878. The molecule has 0 aliphatic heterocycles. The molecule has 23 heavy (non-hydrogen) atoms. The molecule has 0 radical (unpaired) electrons. The number of carbonyl (C=O) groups is 1. The highest BCUT2D eigenvalue weighted by Crippen LogP contribution is 2.30. The lowest BCUT2D eigenvalue weighted by Gasteiger charge is -2.13. The Bertz CT molecular complexity index is 701. The maximum Gasteiger partial charge on any atom is 0.251 e. The van der Waals surface area contributed by atoms with E-state index >= 15 is 0 Å². The molecule has 0 aromatic heterocycles. The molecule has 0 bridgehead atoms. The van der Waals surface area contributed by atoms with Gasteiger partial charge in [0.2, 0.25) is 0 Å². The number of methoxy groups -OCH3 is 2. The van der Waals surface area contributed by atoms with Crippen molar-refractivity contribution >= 4 is 17.5 Å². The molecule has 0 heterocycles. The molecule has 0 spiro atoms. The molecule has 1 amide bonds. The first-order valence-electron chi connectivity index (χ1n) is 7.30. The average molecular weight is 334 g/mol. The second kappa shape index (κ2) is 7.88. The van der Waals surface area contributed by atoms with Crippen LogP contribution < -0.4 is 14.8 Å². The second-order valence-electron chi connectivity index (χ2n) is 5.15. The summed E-state index contributed by atoms with van der Waals surface area (Å²) in [5.74, 6) is 1.26. The molecule has 0 saturated carbocycles. The second-order valence-corrected chi connectivity index (χ2v) is 5.59. The fourth-order valence-corrected chi connectivity index (χ4v) is 2.52. The molecule has 0 saturated heterocycles. The number of benzene rings is 2. The summed E-state index contributed by atoms with van der Waals surface area (Å²) < 4.78 is 10.6. The molecule has 0 fully saturated rings. The molecule has 0 unspecified atom stereocenters. The van der Waals surface area contributed by atoms with E-state index in [0.717, 1.165) is 11.1 Å². The average Bonchev–Trinajstić information content (AvgIpc) is 2.55. The zero-order valence-corrected chi connectivity index (χ0v) is 14.2. The first-order chi connectivity index (χ1) is 11.0. The Kier molecular flexibility index (Phi) is 5.88. The number of carbonyl (C=O) groups excluding carboxylic acids is 1. The summed E-state index contributed by atoms with van der Waals surface area (Å²) in [6.45, 7) is 2.54. The topological polar surface area (TPSA) is 47.6 Å². The van der Waals surface area contributed by atoms with Gasteiger partial charge in [0.05, 0.1) is 14.2 Å². The van der Waals surface area contributed by atoms with Crippen LogP contribution in [0, 0.1) is 6.92 Å². The van der Waals surface area contributed by atoms with Gasteiger partial charge >= 0.3 is 0 Å². The maximum absolute atomic E-state index is 12.1. The van der Waals surface area contributed by atoms with Crippen molar-refractivity contribution in [3.05, 3.63) is 58.1 Å². The van der Waals surface area contributed by atoms with Crippen molar-refractivity contribution in [3.8, 4) is 11.5 Å². The Morgan fingerprint density at radius 3 is 2.48 bits per heavy atom. The molecule has 4 nitrogen and oxygen atoms in total. The number of hydrogen-bond acceptors (Lipinski definition) is 3. The van der Waals surface area contributed by atoms with Crippen LogP contribution in [0.3, 0.4) is 0 Å². The van der Waals surface area contributed by atoms with Gasteiger partial charge in [-0.05, 0) is 54.8 Å². The predicted octanol–water partition coefficient (Wildman–Crippen LogP) is 3.64. The van der Waals surface area contributed by atoms with Gasteiger partial charge in [-0.2, -0.15) is 0 Å². The third-order valence-corrected chi connectivity index (χ3v) is 3.84. The standard InChI is InChI=1S/C18H20ClNO3/c1-12-9-16(22-2)17(23-3)11-13(12)7-8-20-18(21)14-5-4-6-15(19)10-14/h4-6,9-11H,7-8H2,1-3H3,(H,20,21). The van der Waals surface area contributed by atoms with Crippen molar-refractivity contribution < 1.29 is 14.3 Å². The predicted molar refractivity (Wildman–Crippen MR) is 91.8 cm³/mol. The highest BCUT2D eigenvalue weighted by Gasteiger charge is 2.10. The highest BCUT2D eigenvalue weighted by molar-refractivity contribution is 6.30. The van der Waals surface area contributed by atoms with Gasteiger partial charge in [-0.3, -0.25) is 4.79 Å². The zero-order chi connectivity index (χ0) is 16.8. The summed E-state index contributed by atoms with van der Waals surface area (Å²) in [5, 5.41) is 3.45. The monoisotopic (exact) mass is 333 g/mol. The van der Waals surface area contributed by atoms with Gasteiger partial charge in [0.25, 0.3) is 5.91 Å². The molecular weight excluding hydrogens is 314 g/mol. The summed E-state index contributed by atoms with van der Waals surface area (Å²) in [5.41, 5.74) is 2.76. The van der Waals surface area contributed by atoms with E-state index in [0.29, 0.717) is 35.1 Å². The Morgan fingerprint density at radius 1 is 1.13 bits per heavy atom. The zero-order valence-electron chi connectivity index (χ0n) is 13.5. The summed E-state index contributed by atoms with van der Waals surface area (Å²) in [6, 6.07) is 10.8. The Balaban J connectivity index is 2.00. The smallest absolute Gasteiger partial charge is 0.251 e. The van der Waals surface area contributed by atoms with Crippen LogP contribution >= 0.6 is 11.6 Å². The van der Waals surface area contributed by atoms with Crippen molar-refractivity contribution in [1.82, 2.24) is 5.32 Å². The molecule has 2 aromatic carbocycles. The SMILES string of the molecule is COc1cc(C)c(CCNC(=O)c2cccc(Cl)c2)cc1OC. The normalized spacial score (nSPS) is 10.3. The van der Waals surface area contributed by atoms with Gasteiger partial charge in [-0.15, -0.1) is 0 Å². The van der Waals surface area contributed by atoms with E-state index in [1.165, 1.54) is 0 Å². The fraction of sp³-hybridized carbons (Fsp3) is 0.278. The number of ether oxygens (including phenoxy) is 2. The van der Waals surface area contributed by atoms with Crippen LogP contribution in [0.5, 0.6) is 11.5 Å². The number of nitrogens with one attached hydrogen (secondary N) is 1. The number of amides is 1. The minimum atomic E-state index is -0.134. The molecule has 0 aliphatic rings. The largest absolute Gasteiger partial charge is 0.493 e. The maximum atomic E-state index is 12.1. The lowest BCUT2D eigenvalue weighted by molar-refractivity contribution is 0.0954. The summed E-state index contributed by atoms with van der Waals surface area (Å²) in [7, 11) is 3.22. The van der Waals surface area contributed by atoms with E-state index in [4.69, 9.17) is 21.1 Å². The van der Waals surface area contributed by atoms with Gasteiger partial charge < -0.3 is 14.8 Å². The fourth-order valence-electron chi connectivity index (χ4n) is 2.33. The van der Waals surface area contributed by atoms with E-state index in [1.54, 1.807) is 38.5 Å². The van der Waals surface area contributed by atoms with Gasteiger partial charge in [0, 0.05) is 17.1 Å². The van der Waals surface area contributed by atoms with Crippen LogP contribution in [-0.2, 0) is 6.42 Å². The van der Waals surface area contributed by atoms with Gasteiger partial charge in [-0.1, -0.05) is 17.7 Å². The van der Waals surface area contributed by atoms with Crippen molar-refractivity contribution in [1.29, 1.82) is 0 Å². The molecule has 122 valence electrons. The highest BCUT2D eigenvalue weighted by atomic mass is 35.5. The number of rotatable bonds is 6. The van der Waals surface area contributed by atoms with E-state index in [1.807, 2.05) is 19.1 Å². The first-order valence-corrected chi connectivity index (χ1v) is 7.68. The van der Waals surface area contributed by atoms with E-state index < -0.39 is 0 Å². The molecule has 0 atom stereocenters. The van der Waals surface area contributed by atoms with E-state index in [2.05, 4.69) is 5.32 Å². The van der Waals surface area contributed by atoms with Crippen molar-refractivity contribution in [3.63, 3.8) is 0 Å². The molecule has 2 rings (SSSR count). The molecule has 5 heteroatoms. The van der Waals surface area contributed by atoms with Gasteiger partial charge in [0.1, 0.15) is 0 Å². The lowest BCUT2D eigenvalue weighted by atomic mass is 10.0. The van der Waals surface area contributed by atoms with E-state index in [-0.39, 0.29) is 5.91 Å². The summed E-state index contributed by atoms with van der Waals surface area (Å²) in [4.78, 5) is 12.1. The Morgan fingerprint density at radius 2 is 1.83 bits per heavy atom. The minimum absolute atomic E-state index is 0.134. The molecule has 0 aliphatic carbocycles. The summed E-state index contributed by atoms with van der Waals surface area (Å²) in [6.07, 6.45) is 0.707. The van der Waals surface area contributed by atoms with Crippen molar-refractivity contribution in [2.24, 2.45) is 0 Å². The third-order valence-electron chi connectivity index (χ3n) is 3.61. The Hall–Kier alpha value is -2.20. The van der Waals surface area contributed by atoms with Crippen LogP contribution in [0.15, 0.2) is 36.4 Å². The number of hydrogen-bond donors (Lipinski definition) is 1. The van der Waals surface area contributed by atoms with Crippen molar-refractivity contribution in [2.45, 2.75) is 13.3 Å². The van der Waals surface area contributed by atoms with Crippen LogP contribution in [0.4, 0.5) is 0 Å². The molecular formula is C18H20ClNO3. The Labute approximate surface area is 141 Å². The minimum Gasteiger partial charge on any atom is -0.493 e.